The molecule has 0 N–H and O–H groups in total. The first-order valence-electron chi connectivity index (χ1n) is 7.17. The molecular formula is C18H10Cl3NO3. The van der Waals surface area contributed by atoms with Gasteiger partial charge >= 0.3 is 0 Å². The summed E-state index contributed by atoms with van der Waals surface area (Å²) in [5, 5.41) is 0.187. The highest BCUT2D eigenvalue weighted by atomic mass is 35.5. The Morgan fingerprint density at radius 3 is 2.04 bits per heavy atom. The molecule has 0 aromatic heterocycles. The minimum Gasteiger partial charge on any atom is -0.287 e. The zero-order chi connectivity index (χ0) is 18.3. The minimum absolute atomic E-state index is 0.193. The van der Waals surface area contributed by atoms with Crippen LogP contribution in [-0.4, -0.2) is 17.5 Å². The summed E-state index contributed by atoms with van der Waals surface area (Å²) in [5.41, 5.74) is 0.490. The van der Waals surface area contributed by atoms with E-state index in [-0.39, 0.29) is 32.6 Å². The van der Waals surface area contributed by atoms with E-state index in [1.54, 1.807) is 12.1 Å². The second-order valence-electron chi connectivity index (χ2n) is 5.32. The number of halogens is 3. The lowest BCUT2D eigenvalue weighted by Crippen LogP contribution is -2.36. The van der Waals surface area contributed by atoms with Gasteiger partial charge < -0.3 is 0 Å². The van der Waals surface area contributed by atoms with Crippen LogP contribution in [0.5, 0.6) is 0 Å². The van der Waals surface area contributed by atoms with Gasteiger partial charge in [-0.3, -0.25) is 19.3 Å². The molecule has 0 radical (unpaired) electrons. The Kier molecular flexibility index (Phi) is 4.69. The van der Waals surface area contributed by atoms with Crippen LogP contribution in [0.15, 0.2) is 53.2 Å². The number of amides is 1. The number of carbonyl (C=O) groups is 3. The number of hydrogen-bond acceptors (Lipinski definition) is 3. The fourth-order valence-electron chi connectivity index (χ4n) is 2.62. The Morgan fingerprint density at radius 2 is 1.48 bits per heavy atom. The highest BCUT2D eigenvalue weighted by Crippen LogP contribution is 2.35. The van der Waals surface area contributed by atoms with Crippen molar-refractivity contribution >= 4 is 58.0 Å². The van der Waals surface area contributed by atoms with Gasteiger partial charge in [-0.25, -0.2) is 0 Å². The third-order valence-corrected chi connectivity index (χ3v) is 4.83. The van der Waals surface area contributed by atoms with E-state index < -0.39 is 17.5 Å². The van der Waals surface area contributed by atoms with Gasteiger partial charge in [-0.2, -0.15) is 0 Å². The molecule has 0 fully saturated rings. The average Bonchev–Trinajstić information content (AvgIpc) is 2.59. The first-order valence-corrected chi connectivity index (χ1v) is 8.30. The predicted octanol–water partition coefficient (Wildman–Crippen LogP) is 4.88. The number of rotatable bonds is 2. The van der Waals surface area contributed by atoms with Gasteiger partial charge in [0.05, 0.1) is 15.7 Å². The summed E-state index contributed by atoms with van der Waals surface area (Å²) in [6.07, 6.45) is 0. The summed E-state index contributed by atoms with van der Waals surface area (Å²) >= 11 is 18.1. The molecule has 2 aromatic carbocycles. The first-order chi connectivity index (χ1) is 11.8. The fraction of sp³-hybridized carbons (Fsp3) is 0.0556. The molecule has 1 aliphatic carbocycles. The summed E-state index contributed by atoms with van der Waals surface area (Å²) in [7, 11) is 0. The van der Waals surface area contributed by atoms with Crippen molar-refractivity contribution in [1.29, 1.82) is 0 Å². The number of hydrogen-bond donors (Lipinski definition) is 0. The summed E-state index contributed by atoms with van der Waals surface area (Å²) < 4.78 is 0. The van der Waals surface area contributed by atoms with Gasteiger partial charge in [0.15, 0.2) is 0 Å². The van der Waals surface area contributed by atoms with Crippen LogP contribution in [0.2, 0.25) is 10.0 Å². The van der Waals surface area contributed by atoms with Crippen molar-refractivity contribution in [1.82, 2.24) is 0 Å². The molecule has 0 atom stereocenters. The molecule has 126 valence electrons. The molecule has 2 aromatic rings. The molecule has 1 amide bonds. The predicted molar refractivity (Wildman–Crippen MR) is 97.6 cm³/mol. The largest absolute Gasteiger partial charge is 0.287 e. The Hall–Kier alpha value is -2.14. The maximum absolute atomic E-state index is 12.9. The molecule has 3 rings (SSSR count). The highest BCUT2D eigenvalue weighted by molar-refractivity contribution is 6.51. The Bertz CT molecular complexity index is 966. The van der Waals surface area contributed by atoms with E-state index in [0.717, 1.165) is 4.90 Å². The number of ketones is 2. The van der Waals surface area contributed by atoms with E-state index in [1.165, 1.54) is 37.3 Å². The van der Waals surface area contributed by atoms with Gasteiger partial charge in [0.2, 0.25) is 17.5 Å². The molecule has 0 saturated heterocycles. The lowest BCUT2D eigenvalue weighted by atomic mass is 9.91. The van der Waals surface area contributed by atoms with E-state index >= 15 is 0 Å². The topological polar surface area (TPSA) is 54.5 Å². The maximum Gasteiger partial charge on any atom is 0.228 e. The van der Waals surface area contributed by atoms with Crippen molar-refractivity contribution < 1.29 is 14.4 Å². The van der Waals surface area contributed by atoms with Gasteiger partial charge in [0.25, 0.3) is 0 Å². The molecule has 1 aliphatic rings. The number of benzene rings is 2. The average molecular weight is 395 g/mol. The number of fused-ring (bicyclic) bond motifs is 1. The van der Waals surface area contributed by atoms with Gasteiger partial charge in [-0.15, -0.1) is 0 Å². The number of anilines is 1. The Labute approximate surface area is 158 Å². The van der Waals surface area contributed by atoms with E-state index in [0.29, 0.717) is 5.02 Å². The molecule has 0 spiro atoms. The Morgan fingerprint density at radius 1 is 0.880 bits per heavy atom. The summed E-state index contributed by atoms with van der Waals surface area (Å²) in [5.74, 6) is -1.52. The zero-order valence-corrected chi connectivity index (χ0v) is 15.1. The molecule has 25 heavy (non-hydrogen) atoms. The first kappa shape index (κ1) is 17.7. The van der Waals surface area contributed by atoms with Crippen molar-refractivity contribution in [2.75, 3.05) is 4.90 Å². The molecule has 0 unspecified atom stereocenters. The highest BCUT2D eigenvalue weighted by Gasteiger charge is 2.36. The number of carbonyl (C=O) groups excluding carboxylic acids is 3. The summed E-state index contributed by atoms with van der Waals surface area (Å²) in [6, 6.07) is 10.8. The zero-order valence-electron chi connectivity index (χ0n) is 12.8. The van der Waals surface area contributed by atoms with E-state index in [9.17, 15) is 14.4 Å². The second kappa shape index (κ2) is 6.64. The molecule has 0 aliphatic heterocycles. The lowest BCUT2D eigenvalue weighted by molar-refractivity contribution is -0.116. The fourth-order valence-corrected chi connectivity index (χ4v) is 3.19. The molecular weight excluding hydrogens is 385 g/mol. The lowest BCUT2D eigenvalue weighted by Gasteiger charge is -2.27. The van der Waals surface area contributed by atoms with E-state index in [1.807, 2.05) is 0 Å². The van der Waals surface area contributed by atoms with Crippen LogP contribution in [-0.2, 0) is 4.79 Å². The third kappa shape index (κ3) is 2.97. The maximum atomic E-state index is 12.9. The van der Waals surface area contributed by atoms with Gasteiger partial charge in [-0.05, 0) is 18.2 Å². The Balaban J connectivity index is 2.21. The van der Waals surface area contributed by atoms with E-state index in [4.69, 9.17) is 34.8 Å². The molecule has 0 heterocycles. The number of Topliss-reactive ketones (excluding diaryl/α,β-unsaturated/α-hetero) is 2. The van der Waals surface area contributed by atoms with Crippen molar-refractivity contribution in [3.8, 4) is 0 Å². The summed E-state index contributed by atoms with van der Waals surface area (Å²) in [4.78, 5) is 38.7. The van der Waals surface area contributed by atoms with Gasteiger partial charge in [0, 0.05) is 18.1 Å². The minimum atomic E-state index is -0.516. The van der Waals surface area contributed by atoms with Crippen LogP contribution in [0.4, 0.5) is 5.69 Å². The monoisotopic (exact) mass is 393 g/mol. The van der Waals surface area contributed by atoms with Crippen molar-refractivity contribution in [2.45, 2.75) is 6.92 Å². The molecule has 0 bridgehead atoms. The van der Waals surface area contributed by atoms with Gasteiger partial charge in [-0.1, -0.05) is 59.1 Å². The van der Waals surface area contributed by atoms with Crippen molar-refractivity contribution in [3.63, 3.8) is 0 Å². The second-order valence-corrected chi connectivity index (χ2v) is 6.51. The molecule has 7 heteroatoms. The van der Waals surface area contributed by atoms with Crippen LogP contribution in [0.3, 0.4) is 0 Å². The SMILES string of the molecule is CC(=O)N(C1=C(Cl)C(=O)c2ccccc2C1=O)c1ccc(Cl)c(Cl)c1. The molecule has 4 nitrogen and oxygen atoms in total. The summed E-state index contributed by atoms with van der Waals surface area (Å²) in [6.45, 7) is 1.26. The van der Waals surface area contributed by atoms with Gasteiger partial charge in [0.1, 0.15) is 10.7 Å². The smallest absolute Gasteiger partial charge is 0.228 e. The van der Waals surface area contributed by atoms with Crippen molar-refractivity contribution in [3.05, 3.63) is 74.4 Å². The molecule has 0 saturated carbocycles. The quantitative estimate of drug-likeness (QED) is 0.730. The number of allylic oxidation sites excluding steroid dienone is 2. The van der Waals surface area contributed by atoms with E-state index in [2.05, 4.69) is 0 Å². The normalized spacial score (nSPS) is 13.8. The van der Waals surface area contributed by atoms with Crippen molar-refractivity contribution in [2.24, 2.45) is 0 Å². The van der Waals surface area contributed by atoms with Crippen LogP contribution in [0.1, 0.15) is 27.6 Å². The van der Waals surface area contributed by atoms with Crippen LogP contribution in [0.25, 0.3) is 0 Å². The van der Waals surface area contributed by atoms with Crippen LogP contribution < -0.4 is 4.90 Å². The number of nitrogens with zero attached hydrogens (tertiary/aromatic N) is 1. The third-order valence-electron chi connectivity index (χ3n) is 3.74. The standard InChI is InChI=1S/C18H10Cl3NO3/c1-9(23)22(10-6-7-13(19)14(20)8-10)16-15(21)17(24)11-4-2-3-5-12(11)18(16)25/h2-8H,1H3. The van der Waals surface area contributed by atoms with Crippen LogP contribution in [0, 0.1) is 0 Å². The van der Waals surface area contributed by atoms with Crippen LogP contribution >= 0.6 is 34.8 Å².